The number of benzene rings is 4. The molecule has 7 aromatic rings. The lowest BCUT2D eigenvalue weighted by Gasteiger charge is -2.31. The summed E-state index contributed by atoms with van der Waals surface area (Å²) in [6, 6.07) is 7.54. The summed E-state index contributed by atoms with van der Waals surface area (Å²) in [6.45, 7) is 15.8. The van der Waals surface area contributed by atoms with E-state index < -0.39 is 299 Å². The number of nitro benzene ring substituents is 4. The van der Waals surface area contributed by atoms with Crippen molar-refractivity contribution in [3.63, 3.8) is 0 Å². The van der Waals surface area contributed by atoms with Crippen molar-refractivity contribution in [3.8, 4) is 45.6 Å². The second-order valence-electron chi connectivity index (χ2n) is 25.0. The molecule has 5 heterocycles. The van der Waals surface area contributed by atoms with E-state index in [4.69, 9.17) is 102 Å². The largest absolute Gasteiger partial charge is 0.350 e. The molecule has 0 aliphatic carbocycles. The van der Waals surface area contributed by atoms with Crippen LogP contribution in [0.4, 0.5) is 22.7 Å². The number of hydrogen-bond acceptors (Lipinski definition) is 38. The number of nitro groups is 4. The van der Waals surface area contributed by atoms with E-state index >= 15 is 36.5 Å². The van der Waals surface area contributed by atoms with Crippen LogP contribution in [0.2, 0.25) is 0 Å². The summed E-state index contributed by atoms with van der Waals surface area (Å²) in [7, 11) is -40.5. The standard InChI is InChI=1S/C68H94N12O32P8/c1-17-97-113(89,98-18-2)65(114(90,99-19-3)100-20-4)49-33-41-45(37-53(49)77(81)82)61-69-57(41)73-62-46-38-54(78(83)84)50(66(115(91,101-21-5)102-22-6)116(92,103-23-7)104-24-8)34-42(46)59(70-62)75-64-48-40-56(80(87)88)52(68(119(95,109-29-13)110-30-14)120(96,111-31-15)112-32-16)36-44(48)60(72-64)76-63-47-39-55(79(85)86)51(35-43(47)58(71-63)74-61)67(117(93,105-25-9)106-26-10)118(94,107-27-11)108-28-12/h33-40,65-68H,17-32H2,1-16H3,(H2,69,70,71,72,73,74,75,76). The molecule has 0 atom stereocenters. The van der Waals surface area contributed by atoms with Crippen molar-refractivity contribution in [2.75, 3.05) is 106 Å². The van der Waals surface area contributed by atoms with Crippen LogP contribution in [-0.4, -0.2) is 165 Å². The highest BCUT2D eigenvalue weighted by Gasteiger charge is 2.60. The fraction of sp³-hybridized carbons (Fsp3) is 0.529. The third-order valence-corrected chi connectivity index (χ3v) is 41.4. The fourth-order valence-electron chi connectivity index (χ4n) is 13.8. The maximum Gasteiger partial charge on any atom is 0.350 e. The molecule has 0 spiro atoms. The second-order valence-corrected chi connectivity index (χ2v) is 43.5. The van der Waals surface area contributed by atoms with E-state index in [2.05, 4.69) is 9.97 Å². The van der Waals surface area contributed by atoms with E-state index in [-0.39, 0.29) is 43.8 Å². The van der Waals surface area contributed by atoms with Crippen LogP contribution in [0.3, 0.4) is 0 Å². The number of fused-ring (bicyclic) bond motifs is 20. The monoisotopic (exact) mass is 1840 g/mol. The number of rotatable bonds is 48. The van der Waals surface area contributed by atoms with Crippen LogP contribution >= 0.6 is 60.8 Å². The van der Waals surface area contributed by atoms with Crippen LogP contribution < -0.4 is 0 Å². The molecule has 2 aliphatic rings. The summed E-state index contributed by atoms with van der Waals surface area (Å²) >= 11 is 0. The highest BCUT2D eigenvalue weighted by atomic mass is 31.3. The average molecular weight is 1840 g/mol. The van der Waals surface area contributed by atoms with Gasteiger partial charge in [-0.25, -0.2) is 29.9 Å². The minimum atomic E-state index is -5.06. The first-order chi connectivity index (χ1) is 57.0. The van der Waals surface area contributed by atoms with Crippen molar-refractivity contribution in [1.82, 2.24) is 39.9 Å². The fourth-order valence-corrected chi connectivity index (χ4v) is 35.6. The molecule has 2 aliphatic heterocycles. The molecule has 0 fully saturated rings. The second kappa shape index (κ2) is 40.3. The van der Waals surface area contributed by atoms with Gasteiger partial charge in [-0.1, -0.05) is 0 Å². The van der Waals surface area contributed by atoms with Crippen LogP contribution in [0, 0.1) is 40.5 Å². The molecular formula is C68H94N12O32P8. The van der Waals surface area contributed by atoms with Crippen molar-refractivity contribution >= 4 is 128 Å². The normalized spacial score (nSPS) is 13.2. The van der Waals surface area contributed by atoms with Gasteiger partial charge in [0, 0.05) is 68.1 Å². The SMILES string of the molecule is CCOP(=O)(OCC)C(c1cc2c(cc1[N+](=O)[O-])-c1nc-2nc2[nH]c(nc3nc(nc4[nH]c(n1)c1cc(C(P(=O)(OCC)OCC)P(=O)(OCC)OCC)c([N+](=O)[O-])cc41)-c1cc(C(P(=O)(OCC)OCC)P(=O)(OCC)OCC)c([N+](=O)[O-])cc1-3)c1cc(C(P(=O)(OCC)OCC)P(=O)(OCC)OCC)c([N+](=O)[O-])cc21)P(=O)(OCC)OCC. The number of aromatic amines is 2. The average Bonchev–Trinajstić information content (AvgIpc) is 1.50. The lowest BCUT2D eigenvalue weighted by atomic mass is 10.0. The summed E-state index contributed by atoms with van der Waals surface area (Å²) in [5.41, 5.74) is -10.2. The molecule has 9 rings (SSSR count). The van der Waals surface area contributed by atoms with Crippen molar-refractivity contribution in [2.45, 2.75) is 132 Å². The molecule has 0 unspecified atom stereocenters. The Hall–Kier alpha value is -6.96. The molecule has 0 saturated carbocycles. The molecular weight excluding hydrogens is 1740 g/mol. The topological polar surface area (TPSA) is 566 Å². The highest BCUT2D eigenvalue weighted by Crippen LogP contribution is 2.84. The number of nitrogens with zero attached hydrogens (tertiary/aromatic N) is 10. The summed E-state index contributed by atoms with van der Waals surface area (Å²) in [4.78, 5) is 88.3. The maximum atomic E-state index is 15.7. The van der Waals surface area contributed by atoms with E-state index in [0.717, 1.165) is 48.5 Å². The van der Waals surface area contributed by atoms with Gasteiger partial charge in [0.1, 0.15) is 22.6 Å². The van der Waals surface area contributed by atoms with E-state index in [1.165, 1.54) is 111 Å². The first-order valence-electron chi connectivity index (χ1n) is 38.2. The Morgan fingerprint density at radius 1 is 0.250 bits per heavy atom. The van der Waals surface area contributed by atoms with Crippen molar-refractivity contribution in [3.05, 3.63) is 111 Å². The molecule has 0 radical (unpaired) electrons. The predicted octanol–water partition coefficient (Wildman–Crippen LogP) is 20.6. The molecule has 2 N–H and O–H groups in total. The Morgan fingerprint density at radius 2 is 0.400 bits per heavy atom. The summed E-state index contributed by atoms with van der Waals surface area (Å²) < 4.78 is 219. The van der Waals surface area contributed by atoms with Gasteiger partial charge in [-0.05, 0) is 135 Å². The number of H-pyrrole nitrogens is 2. The number of hydrogen-bond donors (Lipinski definition) is 2. The van der Waals surface area contributed by atoms with E-state index in [1.807, 2.05) is 0 Å². The van der Waals surface area contributed by atoms with E-state index in [0.29, 0.717) is 0 Å². The minimum Gasteiger partial charge on any atom is -0.324 e. The van der Waals surface area contributed by atoms with Crippen LogP contribution in [0.5, 0.6) is 0 Å². The Bertz CT molecular complexity index is 5120. The van der Waals surface area contributed by atoms with Gasteiger partial charge in [-0.15, -0.1) is 0 Å². The smallest absolute Gasteiger partial charge is 0.324 e. The summed E-state index contributed by atoms with van der Waals surface area (Å²) in [5.74, 6) is -2.37. The lowest BCUT2D eigenvalue weighted by Crippen LogP contribution is -2.13. The lowest BCUT2D eigenvalue weighted by molar-refractivity contribution is -0.385. The van der Waals surface area contributed by atoms with Gasteiger partial charge < -0.3 is 82.3 Å². The van der Waals surface area contributed by atoms with Gasteiger partial charge in [0.15, 0.2) is 44.9 Å². The highest BCUT2D eigenvalue weighted by molar-refractivity contribution is 7.73. The van der Waals surface area contributed by atoms with Crippen LogP contribution in [0.15, 0.2) is 48.5 Å². The predicted molar refractivity (Wildman–Crippen MR) is 441 cm³/mol. The Morgan fingerprint density at radius 3 is 0.567 bits per heavy atom. The molecule has 44 nitrogen and oxygen atoms in total. The first-order valence-corrected chi connectivity index (χ1v) is 51.1. The van der Waals surface area contributed by atoms with Crippen LogP contribution in [0.1, 0.15) is 155 Å². The molecule has 0 amide bonds. The molecule has 3 aromatic heterocycles. The van der Waals surface area contributed by atoms with Crippen LogP contribution in [0.25, 0.3) is 89.7 Å². The van der Waals surface area contributed by atoms with Gasteiger partial charge in [-0.2, -0.15) is 0 Å². The Labute approximate surface area is 687 Å². The van der Waals surface area contributed by atoms with Crippen molar-refractivity contribution < 1.29 is 129 Å². The molecule has 4 aromatic carbocycles. The van der Waals surface area contributed by atoms with Gasteiger partial charge in [-0.3, -0.25) is 77.0 Å². The molecule has 0 saturated heterocycles. The van der Waals surface area contributed by atoms with E-state index in [1.54, 1.807) is 0 Å². The summed E-state index contributed by atoms with van der Waals surface area (Å²) in [5, 5.41) is 45.7. The number of nitrogens with one attached hydrogen (secondary N) is 2. The van der Waals surface area contributed by atoms with Gasteiger partial charge >= 0.3 is 60.8 Å². The van der Waals surface area contributed by atoms with Gasteiger partial charge in [0.05, 0.1) is 148 Å². The zero-order chi connectivity index (χ0) is 88.4. The van der Waals surface area contributed by atoms with Gasteiger partial charge in [0.2, 0.25) is 0 Å². The molecule has 8 bridgehead atoms. The van der Waals surface area contributed by atoms with Crippen molar-refractivity contribution in [1.29, 1.82) is 0 Å². The van der Waals surface area contributed by atoms with E-state index in [9.17, 15) is 40.5 Å². The van der Waals surface area contributed by atoms with Crippen LogP contribution in [-0.2, 0) is 109 Å². The zero-order valence-corrected chi connectivity index (χ0v) is 75.5. The third kappa shape index (κ3) is 19.1. The van der Waals surface area contributed by atoms with Gasteiger partial charge in [0.25, 0.3) is 22.7 Å². The summed E-state index contributed by atoms with van der Waals surface area (Å²) in [6.07, 6.45) is 0. The quantitative estimate of drug-likeness (QED) is 0.0203. The third-order valence-electron chi connectivity index (χ3n) is 17.7. The molecule has 52 heteroatoms. The Kier molecular flexibility index (Phi) is 32.6. The molecule has 658 valence electrons. The van der Waals surface area contributed by atoms with Crippen molar-refractivity contribution in [2.24, 2.45) is 0 Å². The molecule has 120 heavy (non-hydrogen) atoms. The minimum absolute atomic E-state index is 0.314. The first kappa shape index (κ1) is 96.9. The zero-order valence-electron chi connectivity index (χ0n) is 68.4. The maximum absolute atomic E-state index is 15.7. The Balaban J connectivity index is 1.68. The number of aromatic nitrogens is 8.